The van der Waals surface area contributed by atoms with E-state index in [9.17, 15) is 4.79 Å². The summed E-state index contributed by atoms with van der Waals surface area (Å²) in [6.07, 6.45) is 0. The second-order valence-electron chi connectivity index (χ2n) is 5.73. The number of aryl methyl sites for hydroxylation is 1. The summed E-state index contributed by atoms with van der Waals surface area (Å²) in [5, 5.41) is 1.95. The molecule has 3 rings (SSSR count). The number of amides is 1. The van der Waals surface area contributed by atoms with E-state index in [0.717, 1.165) is 10.6 Å². The summed E-state index contributed by atoms with van der Waals surface area (Å²) in [6.45, 7) is 2.41. The predicted molar refractivity (Wildman–Crippen MR) is 126 cm³/mol. The molecule has 0 unspecified atom stereocenters. The summed E-state index contributed by atoms with van der Waals surface area (Å²) in [4.78, 5) is 12.1. The Morgan fingerprint density at radius 1 is 0.897 bits per heavy atom. The van der Waals surface area contributed by atoms with Gasteiger partial charge in [0.2, 0.25) is 0 Å². The van der Waals surface area contributed by atoms with Crippen LogP contribution in [-0.4, -0.2) is 45.9 Å². The number of carbonyl (C=O) groups excluding carboxylic acids is 1. The summed E-state index contributed by atoms with van der Waals surface area (Å²) in [5.41, 5.74) is 2.64. The molecule has 8 heteroatoms. The molecule has 0 aliphatic carbocycles. The zero-order chi connectivity index (χ0) is 18.9. The first-order chi connectivity index (χ1) is 12.5. The van der Waals surface area contributed by atoms with E-state index in [4.69, 9.17) is 29.0 Å². The normalized spacial score (nSPS) is 8.83. The standard InChI is InChI=1S/C14H12Cl2N2O.C7H8.ClH.Na.H2O.H/c15-12-6-11(7-13(16)8-12)14(19)18(17)9-10-4-2-1-3-5-10;1-7-5-3-2-4-6-7;;;;/h1-8H,9,17H2;2-6H,1H3;1H;;1H2;. The van der Waals surface area contributed by atoms with Crippen LogP contribution in [0.25, 0.3) is 0 Å². The number of rotatable bonds is 3. The first kappa shape index (κ1) is 30.1. The van der Waals surface area contributed by atoms with Crippen LogP contribution in [-0.2, 0) is 6.54 Å². The third-order valence-electron chi connectivity index (χ3n) is 3.51. The summed E-state index contributed by atoms with van der Waals surface area (Å²) >= 11 is 11.7. The minimum atomic E-state index is -0.326. The average Bonchev–Trinajstić information content (AvgIpc) is 2.62. The van der Waals surface area contributed by atoms with Crippen molar-refractivity contribution in [2.75, 3.05) is 0 Å². The molecular weight excluding hydrogens is 442 g/mol. The molecular formula is C21H24Cl3N2NaO2. The summed E-state index contributed by atoms with van der Waals surface area (Å²) in [7, 11) is 0. The van der Waals surface area contributed by atoms with Crippen molar-refractivity contribution in [1.82, 2.24) is 5.01 Å². The molecule has 0 saturated heterocycles. The van der Waals surface area contributed by atoms with Crippen LogP contribution in [0.1, 0.15) is 21.5 Å². The Kier molecular flexibility index (Phi) is 16.3. The Morgan fingerprint density at radius 2 is 1.34 bits per heavy atom. The summed E-state index contributed by atoms with van der Waals surface area (Å²) in [6, 6.07) is 24.4. The molecule has 0 atom stereocenters. The molecule has 3 aromatic carbocycles. The number of nitrogens with zero attached hydrogens (tertiary/aromatic N) is 1. The molecule has 0 aromatic heterocycles. The molecule has 0 spiro atoms. The van der Waals surface area contributed by atoms with Crippen molar-refractivity contribution >= 4 is 71.1 Å². The number of nitrogens with two attached hydrogens (primary N) is 1. The molecule has 1 amide bonds. The Morgan fingerprint density at radius 3 is 1.76 bits per heavy atom. The van der Waals surface area contributed by atoms with Gasteiger partial charge in [0, 0.05) is 15.6 Å². The number of hydrogen-bond acceptors (Lipinski definition) is 2. The van der Waals surface area contributed by atoms with Crippen molar-refractivity contribution in [3.8, 4) is 0 Å². The molecule has 0 radical (unpaired) electrons. The summed E-state index contributed by atoms with van der Waals surface area (Å²) < 4.78 is 0. The van der Waals surface area contributed by atoms with Gasteiger partial charge < -0.3 is 5.48 Å². The van der Waals surface area contributed by atoms with E-state index in [2.05, 4.69) is 19.1 Å². The molecule has 4 N–H and O–H groups in total. The fourth-order valence-corrected chi connectivity index (χ4v) is 2.76. The van der Waals surface area contributed by atoms with Crippen LogP contribution in [0.5, 0.6) is 0 Å². The van der Waals surface area contributed by atoms with Crippen molar-refractivity contribution < 1.29 is 10.3 Å². The van der Waals surface area contributed by atoms with Gasteiger partial charge >= 0.3 is 29.6 Å². The van der Waals surface area contributed by atoms with Crippen LogP contribution in [0, 0.1) is 6.92 Å². The van der Waals surface area contributed by atoms with Gasteiger partial charge in [-0.1, -0.05) is 89.4 Å². The van der Waals surface area contributed by atoms with E-state index < -0.39 is 0 Å². The van der Waals surface area contributed by atoms with Gasteiger partial charge in [-0.15, -0.1) is 12.4 Å². The van der Waals surface area contributed by atoms with E-state index in [0.29, 0.717) is 22.2 Å². The molecule has 0 saturated carbocycles. The van der Waals surface area contributed by atoms with Gasteiger partial charge in [-0.05, 0) is 30.7 Å². The zero-order valence-electron chi connectivity index (χ0n) is 15.3. The van der Waals surface area contributed by atoms with E-state index in [1.54, 1.807) is 18.2 Å². The third-order valence-corrected chi connectivity index (χ3v) is 3.94. The number of carbonyl (C=O) groups is 1. The molecule has 4 nitrogen and oxygen atoms in total. The first-order valence-electron chi connectivity index (χ1n) is 8.04. The van der Waals surface area contributed by atoms with Crippen LogP contribution in [0.2, 0.25) is 10.0 Å². The van der Waals surface area contributed by atoms with Crippen molar-refractivity contribution in [1.29, 1.82) is 0 Å². The molecule has 0 aliphatic heterocycles. The molecule has 29 heavy (non-hydrogen) atoms. The second kappa shape index (κ2) is 15.7. The topological polar surface area (TPSA) is 77.8 Å². The molecule has 0 bridgehead atoms. The predicted octanol–water partition coefficient (Wildman–Crippen LogP) is 4.45. The quantitative estimate of drug-likeness (QED) is 0.268. The van der Waals surface area contributed by atoms with Crippen molar-refractivity contribution in [2.24, 2.45) is 5.84 Å². The van der Waals surface area contributed by atoms with Crippen molar-refractivity contribution in [2.45, 2.75) is 13.5 Å². The van der Waals surface area contributed by atoms with Gasteiger partial charge in [-0.3, -0.25) is 9.80 Å². The second-order valence-corrected chi connectivity index (χ2v) is 6.60. The van der Waals surface area contributed by atoms with Gasteiger partial charge in [0.15, 0.2) is 0 Å². The number of hydrogen-bond donors (Lipinski definition) is 1. The van der Waals surface area contributed by atoms with Gasteiger partial charge in [-0.25, -0.2) is 5.84 Å². The number of benzene rings is 3. The molecule has 0 fully saturated rings. The maximum atomic E-state index is 12.1. The van der Waals surface area contributed by atoms with Crippen LogP contribution in [0.3, 0.4) is 0 Å². The Balaban J connectivity index is 0. The minimum absolute atomic E-state index is 0. The molecule has 3 aromatic rings. The number of hydrazine groups is 1. The van der Waals surface area contributed by atoms with Crippen LogP contribution in [0.15, 0.2) is 78.9 Å². The maximum absolute atomic E-state index is 12.1. The van der Waals surface area contributed by atoms with E-state index in [1.165, 1.54) is 5.56 Å². The van der Waals surface area contributed by atoms with E-state index in [-0.39, 0.29) is 53.3 Å². The van der Waals surface area contributed by atoms with Crippen LogP contribution < -0.4 is 5.84 Å². The number of halogens is 3. The van der Waals surface area contributed by atoms with Crippen molar-refractivity contribution in [3.05, 3.63) is 106 Å². The van der Waals surface area contributed by atoms with Gasteiger partial charge in [-0.2, -0.15) is 0 Å². The van der Waals surface area contributed by atoms with E-state index in [1.807, 2.05) is 48.5 Å². The molecule has 152 valence electrons. The first-order valence-corrected chi connectivity index (χ1v) is 8.79. The van der Waals surface area contributed by atoms with Gasteiger partial charge in [0.1, 0.15) is 0 Å². The van der Waals surface area contributed by atoms with Crippen LogP contribution >= 0.6 is 35.6 Å². The van der Waals surface area contributed by atoms with Gasteiger partial charge in [0.05, 0.1) is 6.54 Å². The Labute approximate surface area is 210 Å². The third kappa shape index (κ3) is 11.0. The summed E-state index contributed by atoms with van der Waals surface area (Å²) in [5.74, 6) is 5.45. The monoisotopic (exact) mass is 464 g/mol. The van der Waals surface area contributed by atoms with Crippen LogP contribution in [0.4, 0.5) is 0 Å². The SMILES string of the molecule is Cc1ccccc1.Cl.NN(Cc1ccccc1)C(=O)c1cc(Cl)cc(Cl)c1.O.[NaH]. The average molecular weight is 466 g/mol. The van der Waals surface area contributed by atoms with Crippen molar-refractivity contribution in [3.63, 3.8) is 0 Å². The Bertz CT molecular complexity index is 833. The Hall–Kier alpha value is -1.08. The fourth-order valence-electron chi connectivity index (χ4n) is 2.23. The molecule has 0 heterocycles. The molecule has 0 aliphatic rings. The fraction of sp³-hybridized carbons (Fsp3) is 0.0952. The van der Waals surface area contributed by atoms with E-state index >= 15 is 0 Å². The zero-order valence-corrected chi connectivity index (χ0v) is 17.6. The van der Waals surface area contributed by atoms with Gasteiger partial charge in [0.25, 0.3) is 5.91 Å².